The van der Waals surface area contributed by atoms with E-state index in [0.717, 1.165) is 17.8 Å². The molecule has 1 rings (SSSR count). The lowest BCUT2D eigenvalue weighted by molar-refractivity contribution is 0.171. The molecule has 0 aromatic heterocycles. The van der Waals surface area contributed by atoms with Gasteiger partial charge in [-0.1, -0.05) is 45.1 Å². The second kappa shape index (κ2) is 11.0. The predicted molar refractivity (Wildman–Crippen MR) is 113 cm³/mol. The number of allylic oxidation sites excluding steroid dienone is 4. The van der Waals surface area contributed by atoms with Crippen LogP contribution in [0.1, 0.15) is 72.6 Å². The van der Waals surface area contributed by atoms with Crippen LogP contribution in [0, 0.1) is 11.3 Å². The molecule has 0 saturated heterocycles. The summed E-state index contributed by atoms with van der Waals surface area (Å²) >= 11 is 0. The van der Waals surface area contributed by atoms with Crippen LogP contribution in [0.3, 0.4) is 0 Å². The van der Waals surface area contributed by atoms with Crippen molar-refractivity contribution in [3.63, 3.8) is 0 Å². The van der Waals surface area contributed by atoms with Gasteiger partial charge in [-0.2, -0.15) is 0 Å². The third kappa shape index (κ3) is 6.61. The van der Waals surface area contributed by atoms with Gasteiger partial charge in [0.25, 0.3) is 0 Å². The smallest absolute Gasteiger partial charge is 0.0878 e. The van der Waals surface area contributed by atoms with Gasteiger partial charge in [0, 0.05) is 12.4 Å². The first-order chi connectivity index (χ1) is 12.0. The number of hydrogen-bond donors (Lipinski definition) is 0. The highest BCUT2D eigenvalue weighted by Crippen LogP contribution is 2.47. The molecule has 0 aromatic carbocycles. The molecule has 1 saturated carbocycles. The molecule has 2 atom stereocenters. The van der Waals surface area contributed by atoms with Gasteiger partial charge in [-0.05, 0) is 75.9 Å². The molecule has 0 aliphatic heterocycles. The summed E-state index contributed by atoms with van der Waals surface area (Å²) in [5.74, 6) is 0.685. The average molecular weight is 341 g/mol. The monoisotopic (exact) mass is 340 g/mol. The molecule has 1 aliphatic carbocycles. The van der Waals surface area contributed by atoms with Gasteiger partial charge in [-0.3, -0.25) is 9.98 Å². The molecule has 0 radical (unpaired) electrons. The molecule has 0 bridgehead atoms. The van der Waals surface area contributed by atoms with E-state index in [4.69, 9.17) is 0 Å². The Labute approximate surface area is 155 Å². The molecule has 25 heavy (non-hydrogen) atoms. The van der Waals surface area contributed by atoms with E-state index in [0.29, 0.717) is 11.3 Å². The summed E-state index contributed by atoms with van der Waals surface area (Å²) in [4.78, 5) is 9.02. The molecule has 1 aliphatic rings. The van der Waals surface area contributed by atoms with Crippen LogP contribution < -0.4 is 0 Å². The van der Waals surface area contributed by atoms with Crippen molar-refractivity contribution in [2.24, 2.45) is 21.3 Å². The topological polar surface area (TPSA) is 24.7 Å². The van der Waals surface area contributed by atoms with E-state index in [-0.39, 0.29) is 0 Å². The largest absolute Gasteiger partial charge is 0.259 e. The normalized spacial score (nSPS) is 25.9. The third-order valence-electron chi connectivity index (χ3n) is 5.27. The van der Waals surface area contributed by atoms with Crippen molar-refractivity contribution in [3.8, 4) is 0 Å². The van der Waals surface area contributed by atoms with Crippen LogP contribution in [0.25, 0.3) is 0 Å². The first-order valence-electron chi connectivity index (χ1n) is 9.70. The van der Waals surface area contributed by atoms with Crippen LogP contribution in [-0.4, -0.2) is 12.4 Å². The fourth-order valence-electron chi connectivity index (χ4n) is 3.80. The SMILES string of the molecule is C=C/C(N=CC)=C(\C=C/C)N=CCCC1(CCC)CCC(C)C(=C)C1. The standard InChI is InChI=1S/C23H36N2/c1-7-12-22(21(9-3)24-10-4)25-17-11-15-23(14-8-2)16-13-19(5)20(6)18-23/h7,9-10,12,17,19H,3,6,8,11,13-16,18H2,1-2,4-5H3/b12-7-,22-21-,24-10?,25-17?. The van der Waals surface area contributed by atoms with Gasteiger partial charge in [0.15, 0.2) is 0 Å². The predicted octanol–water partition coefficient (Wildman–Crippen LogP) is 7.06. The van der Waals surface area contributed by atoms with Crippen molar-refractivity contribution in [1.82, 2.24) is 0 Å². The zero-order valence-corrected chi connectivity index (χ0v) is 16.7. The Hall–Kier alpha value is -1.70. The zero-order chi connectivity index (χ0) is 18.7. The first-order valence-corrected chi connectivity index (χ1v) is 9.70. The van der Waals surface area contributed by atoms with Gasteiger partial charge in [0.1, 0.15) is 0 Å². The second-order valence-electron chi connectivity index (χ2n) is 7.24. The van der Waals surface area contributed by atoms with Gasteiger partial charge in [-0.25, -0.2) is 0 Å². The summed E-state index contributed by atoms with van der Waals surface area (Å²) in [6.45, 7) is 16.7. The minimum atomic E-state index is 0.428. The number of hydrogen-bond acceptors (Lipinski definition) is 2. The highest BCUT2D eigenvalue weighted by Gasteiger charge is 2.34. The third-order valence-corrected chi connectivity index (χ3v) is 5.27. The average Bonchev–Trinajstić information content (AvgIpc) is 2.59. The lowest BCUT2D eigenvalue weighted by atomic mass is 9.64. The van der Waals surface area contributed by atoms with Gasteiger partial charge in [0.2, 0.25) is 0 Å². The van der Waals surface area contributed by atoms with Gasteiger partial charge in [-0.15, -0.1) is 0 Å². The Morgan fingerprint density at radius 3 is 2.56 bits per heavy atom. The van der Waals surface area contributed by atoms with Crippen LogP contribution in [0.5, 0.6) is 0 Å². The van der Waals surface area contributed by atoms with Crippen molar-refractivity contribution < 1.29 is 0 Å². The fourth-order valence-corrected chi connectivity index (χ4v) is 3.80. The van der Waals surface area contributed by atoms with Crippen molar-refractivity contribution in [1.29, 1.82) is 0 Å². The molecule has 0 spiro atoms. The minimum Gasteiger partial charge on any atom is -0.259 e. The molecule has 0 amide bonds. The zero-order valence-electron chi connectivity index (χ0n) is 16.7. The Bertz CT molecular complexity index is 563. The van der Waals surface area contributed by atoms with Gasteiger partial charge >= 0.3 is 0 Å². The van der Waals surface area contributed by atoms with Crippen LogP contribution in [0.2, 0.25) is 0 Å². The summed E-state index contributed by atoms with van der Waals surface area (Å²) in [6.07, 6.45) is 18.1. The van der Waals surface area contributed by atoms with E-state index in [1.807, 2.05) is 26.0 Å². The van der Waals surface area contributed by atoms with E-state index in [2.05, 4.69) is 43.2 Å². The van der Waals surface area contributed by atoms with E-state index < -0.39 is 0 Å². The molecule has 0 aromatic rings. The van der Waals surface area contributed by atoms with Crippen LogP contribution in [0.4, 0.5) is 0 Å². The van der Waals surface area contributed by atoms with Crippen molar-refractivity contribution in [2.45, 2.75) is 72.6 Å². The fraction of sp³-hybridized carbons (Fsp3) is 0.565. The van der Waals surface area contributed by atoms with E-state index in [9.17, 15) is 0 Å². The molecule has 2 heteroatoms. The minimum absolute atomic E-state index is 0.428. The second-order valence-corrected chi connectivity index (χ2v) is 7.24. The van der Waals surface area contributed by atoms with Crippen molar-refractivity contribution in [3.05, 3.63) is 48.4 Å². The Kier molecular flexibility index (Phi) is 9.41. The Balaban J connectivity index is 2.81. The number of aliphatic imine (C=N–C) groups is 2. The summed E-state index contributed by atoms with van der Waals surface area (Å²) in [5.41, 5.74) is 3.57. The van der Waals surface area contributed by atoms with Crippen molar-refractivity contribution >= 4 is 12.4 Å². The summed E-state index contributed by atoms with van der Waals surface area (Å²) < 4.78 is 0. The van der Waals surface area contributed by atoms with E-state index in [1.165, 1.54) is 44.1 Å². The summed E-state index contributed by atoms with van der Waals surface area (Å²) in [5, 5.41) is 0. The lowest BCUT2D eigenvalue weighted by Crippen LogP contribution is -2.28. The van der Waals surface area contributed by atoms with Gasteiger partial charge in [0.05, 0.1) is 11.4 Å². The Morgan fingerprint density at radius 2 is 2.00 bits per heavy atom. The highest BCUT2D eigenvalue weighted by molar-refractivity contribution is 5.62. The molecule has 0 heterocycles. The maximum absolute atomic E-state index is 4.67. The highest BCUT2D eigenvalue weighted by atomic mass is 14.8. The summed E-state index contributed by atoms with van der Waals surface area (Å²) in [7, 11) is 0. The summed E-state index contributed by atoms with van der Waals surface area (Å²) in [6, 6.07) is 0. The molecule has 0 N–H and O–H groups in total. The number of rotatable bonds is 9. The van der Waals surface area contributed by atoms with Crippen LogP contribution >= 0.6 is 0 Å². The van der Waals surface area contributed by atoms with Crippen LogP contribution in [-0.2, 0) is 0 Å². The molecular weight excluding hydrogens is 304 g/mol. The first kappa shape index (κ1) is 21.3. The van der Waals surface area contributed by atoms with Gasteiger partial charge < -0.3 is 0 Å². The van der Waals surface area contributed by atoms with E-state index in [1.54, 1.807) is 12.3 Å². The number of nitrogens with zero attached hydrogens (tertiary/aromatic N) is 2. The molecule has 2 unspecified atom stereocenters. The maximum Gasteiger partial charge on any atom is 0.0878 e. The molecular formula is C23H36N2. The van der Waals surface area contributed by atoms with E-state index >= 15 is 0 Å². The Morgan fingerprint density at radius 1 is 1.24 bits per heavy atom. The van der Waals surface area contributed by atoms with Crippen LogP contribution in [0.15, 0.2) is 58.3 Å². The molecule has 138 valence electrons. The molecule has 1 fully saturated rings. The van der Waals surface area contributed by atoms with Crippen molar-refractivity contribution in [2.75, 3.05) is 0 Å². The molecule has 2 nitrogen and oxygen atoms in total. The quantitative estimate of drug-likeness (QED) is 0.244. The lowest BCUT2D eigenvalue weighted by Gasteiger charge is -2.41. The maximum atomic E-state index is 4.67.